The van der Waals surface area contributed by atoms with Crippen molar-refractivity contribution in [2.45, 2.75) is 12.5 Å². The topological polar surface area (TPSA) is 92.3 Å². The molecule has 1 saturated heterocycles. The summed E-state index contributed by atoms with van der Waals surface area (Å²) < 4.78 is 36.3. The van der Waals surface area contributed by atoms with Gasteiger partial charge in [0.15, 0.2) is 9.84 Å². The Labute approximate surface area is 144 Å². The first-order valence-corrected chi connectivity index (χ1v) is 9.48. The van der Waals surface area contributed by atoms with E-state index >= 15 is 0 Å². The molecule has 1 aromatic carbocycles. The van der Waals surface area contributed by atoms with Crippen molar-refractivity contribution in [1.82, 2.24) is 14.9 Å². The monoisotopic (exact) mass is 364 g/mol. The summed E-state index contributed by atoms with van der Waals surface area (Å²) in [6.07, 6.45) is 3.15. The fraction of sp³-hybridized carbons (Fsp3) is 0.312. The number of amides is 1. The standard InChI is InChI=1S/C16H17FN4O3S/c1-21(14-5-6-25(23,24)10-14)15(22)11-8-18-16(19-9-11)20-13-4-2-3-12(17)7-13/h2-4,7-9,14H,5-6,10H2,1H3,(H,18,19,20). The molecule has 1 amide bonds. The molecule has 1 N–H and O–H groups in total. The van der Waals surface area contributed by atoms with E-state index in [4.69, 9.17) is 0 Å². The van der Waals surface area contributed by atoms with Gasteiger partial charge in [0, 0.05) is 31.2 Å². The number of rotatable bonds is 4. The molecule has 7 nitrogen and oxygen atoms in total. The lowest BCUT2D eigenvalue weighted by molar-refractivity contribution is 0.0747. The number of halogens is 1. The van der Waals surface area contributed by atoms with E-state index in [1.54, 1.807) is 19.2 Å². The summed E-state index contributed by atoms with van der Waals surface area (Å²) in [6, 6.07) is 5.52. The zero-order chi connectivity index (χ0) is 18.0. The second-order valence-electron chi connectivity index (χ2n) is 5.90. The van der Waals surface area contributed by atoms with Crippen LogP contribution >= 0.6 is 0 Å². The predicted molar refractivity (Wildman–Crippen MR) is 90.9 cm³/mol. The molecule has 2 heterocycles. The highest BCUT2D eigenvalue weighted by Gasteiger charge is 2.33. The van der Waals surface area contributed by atoms with E-state index in [9.17, 15) is 17.6 Å². The number of benzene rings is 1. The second-order valence-corrected chi connectivity index (χ2v) is 8.13. The lowest BCUT2D eigenvalue weighted by Crippen LogP contribution is -2.37. The highest BCUT2D eigenvalue weighted by Crippen LogP contribution is 2.19. The number of aromatic nitrogens is 2. The molecule has 1 fully saturated rings. The maximum absolute atomic E-state index is 13.2. The minimum absolute atomic E-state index is 0.0185. The van der Waals surface area contributed by atoms with Crippen LogP contribution in [0, 0.1) is 5.82 Å². The Bertz CT molecular complexity index is 887. The van der Waals surface area contributed by atoms with E-state index in [1.807, 2.05) is 0 Å². The molecule has 25 heavy (non-hydrogen) atoms. The second kappa shape index (κ2) is 6.75. The summed E-state index contributed by atoms with van der Waals surface area (Å²) in [5.41, 5.74) is 0.754. The third kappa shape index (κ3) is 4.11. The van der Waals surface area contributed by atoms with Crippen molar-refractivity contribution in [2.75, 3.05) is 23.9 Å². The normalized spacial score (nSPS) is 18.7. The van der Waals surface area contributed by atoms with Gasteiger partial charge in [0.2, 0.25) is 5.95 Å². The first kappa shape index (κ1) is 17.3. The Morgan fingerprint density at radius 3 is 2.64 bits per heavy atom. The van der Waals surface area contributed by atoms with Crippen LogP contribution in [0.2, 0.25) is 0 Å². The highest BCUT2D eigenvalue weighted by atomic mass is 32.2. The van der Waals surface area contributed by atoms with E-state index in [-0.39, 0.29) is 40.8 Å². The van der Waals surface area contributed by atoms with Crippen LogP contribution in [0.3, 0.4) is 0 Å². The van der Waals surface area contributed by atoms with Crippen molar-refractivity contribution in [2.24, 2.45) is 0 Å². The molecule has 1 aromatic heterocycles. The molecule has 3 rings (SSSR count). The summed E-state index contributed by atoms with van der Waals surface area (Å²) in [4.78, 5) is 22.0. The Kier molecular flexibility index (Phi) is 4.67. The molecule has 1 aliphatic rings. The molecule has 1 atom stereocenters. The smallest absolute Gasteiger partial charge is 0.257 e. The average molecular weight is 364 g/mol. The van der Waals surface area contributed by atoms with Gasteiger partial charge >= 0.3 is 0 Å². The van der Waals surface area contributed by atoms with Crippen LogP contribution in [0.1, 0.15) is 16.8 Å². The van der Waals surface area contributed by atoms with Gasteiger partial charge in [-0.1, -0.05) is 6.07 Å². The van der Waals surface area contributed by atoms with E-state index in [0.29, 0.717) is 12.1 Å². The maximum Gasteiger partial charge on any atom is 0.257 e. The zero-order valence-electron chi connectivity index (χ0n) is 13.5. The van der Waals surface area contributed by atoms with Crippen LogP contribution in [0.25, 0.3) is 0 Å². The number of nitrogens with zero attached hydrogens (tertiary/aromatic N) is 3. The van der Waals surface area contributed by atoms with Gasteiger partial charge in [0.05, 0.1) is 17.1 Å². The number of anilines is 2. The fourth-order valence-corrected chi connectivity index (χ4v) is 4.42. The quantitative estimate of drug-likeness (QED) is 0.886. The molecule has 9 heteroatoms. The van der Waals surface area contributed by atoms with Crippen LogP contribution < -0.4 is 5.32 Å². The Morgan fingerprint density at radius 1 is 1.32 bits per heavy atom. The van der Waals surface area contributed by atoms with Crippen LogP contribution in [0.15, 0.2) is 36.7 Å². The van der Waals surface area contributed by atoms with Crippen LogP contribution in [-0.4, -0.2) is 53.8 Å². The zero-order valence-corrected chi connectivity index (χ0v) is 14.3. The summed E-state index contributed by atoms with van der Waals surface area (Å²) in [5, 5.41) is 2.84. The molecule has 0 aliphatic carbocycles. The van der Waals surface area contributed by atoms with Crippen LogP contribution in [0.5, 0.6) is 0 Å². The van der Waals surface area contributed by atoms with Crippen molar-refractivity contribution < 1.29 is 17.6 Å². The van der Waals surface area contributed by atoms with Crippen molar-refractivity contribution in [1.29, 1.82) is 0 Å². The summed E-state index contributed by atoms with van der Waals surface area (Å²) >= 11 is 0. The molecular formula is C16H17FN4O3S. The van der Waals surface area contributed by atoms with Crippen molar-refractivity contribution in [3.8, 4) is 0 Å². The van der Waals surface area contributed by atoms with Gasteiger partial charge in [-0.15, -0.1) is 0 Å². The van der Waals surface area contributed by atoms with Crippen LogP contribution in [0.4, 0.5) is 16.0 Å². The van der Waals surface area contributed by atoms with Gasteiger partial charge in [-0.3, -0.25) is 4.79 Å². The fourth-order valence-electron chi connectivity index (χ4n) is 2.65. The minimum Gasteiger partial charge on any atom is -0.338 e. The Morgan fingerprint density at radius 2 is 2.04 bits per heavy atom. The molecule has 0 radical (unpaired) electrons. The lowest BCUT2D eigenvalue weighted by Gasteiger charge is -2.23. The molecule has 0 spiro atoms. The number of carbonyl (C=O) groups excluding carboxylic acids is 1. The van der Waals surface area contributed by atoms with E-state index in [1.165, 1.54) is 29.4 Å². The summed E-state index contributed by atoms with van der Waals surface area (Å²) in [7, 11) is -1.49. The third-order valence-electron chi connectivity index (χ3n) is 4.06. The maximum atomic E-state index is 13.2. The van der Waals surface area contributed by atoms with Crippen LogP contribution in [-0.2, 0) is 9.84 Å². The van der Waals surface area contributed by atoms with Crippen molar-refractivity contribution in [3.05, 3.63) is 48.0 Å². The van der Waals surface area contributed by atoms with Gasteiger partial charge in [-0.05, 0) is 24.6 Å². The first-order chi connectivity index (χ1) is 11.8. The SMILES string of the molecule is CN(C(=O)c1cnc(Nc2cccc(F)c2)nc1)C1CCS(=O)(=O)C1. The molecule has 0 bridgehead atoms. The number of nitrogens with one attached hydrogen (secondary N) is 1. The van der Waals surface area contributed by atoms with Crippen molar-refractivity contribution >= 4 is 27.4 Å². The van der Waals surface area contributed by atoms with Gasteiger partial charge in [0.25, 0.3) is 5.91 Å². The number of carbonyl (C=O) groups is 1. The Hall–Kier alpha value is -2.55. The number of hydrogen-bond acceptors (Lipinski definition) is 6. The molecule has 132 valence electrons. The van der Waals surface area contributed by atoms with Gasteiger partial charge in [0.1, 0.15) is 5.82 Å². The van der Waals surface area contributed by atoms with Gasteiger partial charge in [-0.25, -0.2) is 22.8 Å². The average Bonchev–Trinajstić information content (AvgIpc) is 2.94. The Balaban J connectivity index is 1.68. The highest BCUT2D eigenvalue weighted by molar-refractivity contribution is 7.91. The predicted octanol–water partition coefficient (Wildman–Crippen LogP) is 1.62. The summed E-state index contributed by atoms with van der Waals surface area (Å²) in [5.74, 6) is -0.407. The molecule has 1 unspecified atom stereocenters. The van der Waals surface area contributed by atoms with E-state index in [0.717, 1.165) is 0 Å². The molecule has 0 saturated carbocycles. The number of hydrogen-bond donors (Lipinski definition) is 1. The first-order valence-electron chi connectivity index (χ1n) is 7.66. The summed E-state index contributed by atoms with van der Waals surface area (Å²) in [6.45, 7) is 0. The van der Waals surface area contributed by atoms with E-state index < -0.39 is 9.84 Å². The third-order valence-corrected chi connectivity index (χ3v) is 5.81. The lowest BCUT2D eigenvalue weighted by atomic mass is 10.2. The van der Waals surface area contributed by atoms with Gasteiger partial charge < -0.3 is 10.2 Å². The van der Waals surface area contributed by atoms with Crippen molar-refractivity contribution in [3.63, 3.8) is 0 Å². The number of sulfone groups is 1. The molecule has 1 aliphatic heterocycles. The molecular weight excluding hydrogens is 347 g/mol. The van der Waals surface area contributed by atoms with E-state index in [2.05, 4.69) is 15.3 Å². The minimum atomic E-state index is -3.07. The van der Waals surface area contributed by atoms with Gasteiger partial charge in [-0.2, -0.15) is 0 Å². The largest absolute Gasteiger partial charge is 0.338 e. The molecule has 2 aromatic rings.